The van der Waals surface area contributed by atoms with E-state index >= 15 is 0 Å². The first-order valence-electron chi connectivity index (χ1n) is 6.03. The van der Waals surface area contributed by atoms with E-state index in [2.05, 4.69) is 0 Å². The number of benzene rings is 1. The third-order valence-electron chi connectivity index (χ3n) is 4.03. The molecule has 3 rings (SSSR count). The Balaban J connectivity index is 1.89. The minimum atomic E-state index is -3.55. The van der Waals surface area contributed by atoms with Crippen LogP contribution in [0.1, 0.15) is 6.42 Å². The van der Waals surface area contributed by atoms with Crippen molar-refractivity contribution in [1.82, 2.24) is 4.31 Å². The number of nitrogens with zero attached hydrogens (tertiary/aromatic N) is 1. The molecule has 3 atom stereocenters. The van der Waals surface area contributed by atoms with Gasteiger partial charge in [-0.05, 0) is 30.5 Å². The van der Waals surface area contributed by atoms with Crippen LogP contribution >= 0.6 is 23.2 Å². The molecule has 0 amide bonds. The van der Waals surface area contributed by atoms with Crippen LogP contribution < -0.4 is 0 Å². The molecule has 1 N–H and O–H groups in total. The number of hydrogen-bond donors (Lipinski definition) is 1. The second-order valence-electron chi connectivity index (χ2n) is 5.12. The molecule has 4 nitrogen and oxygen atoms in total. The van der Waals surface area contributed by atoms with E-state index in [4.69, 9.17) is 23.2 Å². The van der Waals surface area contributed by atoms with Crippen LogP contribution in [0.2, 0.25) is 10.0 Å². The summed E-state index contributed by atoms with van der Waals surface area (Å²) >= 11 is 11.7. The lowest BCUT2D eigenvalue weighted by atomic mass is 9.74. The largest absolute Gasteiger partial charge is 0.393 e. The molecule has 2 aliphatic rings. The van der Waals surface area contributed by atoms with Gasteiger partial charge in [0.15, 0.2) is 0 Å². The normalized spacial score (nSPS) is 31.0. The zero-order chi connectivity index (χ0) is 13.8. The molecule has 1 aliphatic carbocycles. The standard InChI is InChI=1S/C12H13Cl2NO3S/c13-10-2-1-8(4-11(10)14)19(17,18)15-5-7-3-12(16)9(7)6-15/h1-2,4,7,9,12,16H,3,5-6H2/t7-,9+,12-/m1/s1. The van der Waals surface area contributed by atoms with Gasteiger partial charge in [0.2, 0.25) is 10.0 Å². The number of halogens is 2. The highest BCUT2D eigenvalue weighted by Gasteiger charge is 2.49. The maximum absolute atomic E-state index is 12.5. The molecule has 104 valence electrons. The van der Waals surface area contributed by atoms with Crippen LogP contribution in [0.3, 0.4) is 0 Å². The van der Waals surface area contributed by atoms with Gasteiger partial charge in [-0.25, -0.2) is 8.42 Å². The first-order valence-corrected chi connectivity index (χ1v) is 8.22. The molecule has 19 heavy (non-hydrogen) atoms. The molecule has 0 spiro atoms. The highest BCUT2D eigenvalue weighted by Crippen LogP contribution is 2.42. The molecule has 7 heteroatoms. The summed E-state index contributed by atoms with van der Waals surface area (Å²) in [5.41, 5.74) is 0. The van der Waals surface area contributed by atoms with Crippen molar-refractivity contribution in [3.8, 4) is 0 Å². The summed E-state index contributed by atoms with van der Waals surface area (Å²) in [5.74, 6) is 0.366. The first kappa shape index (κ1) is 13.6. The van der Waals surface area contributed by atoms with E-state index < -0.39 is 10.0 Å². The fourth-order valence-electron chi connectivity index (χ4n) is 2.81. The summed E-state index contributed by atoms with van der Waals surface area (Å²) < 4.78 is 26.4. The molecular formula is C12H13Cl2NO3S. The van der Waals surface area contributed by atoms with Crippen LogP contribution in [0.5, 0.6) is 0 Å². The quantitative estimate of drug-likeness (QED) is 0.906. The van der Waals surface area contributed by atoms with Crippen molar-refractivity contribution in [2.24, 2.45) is 11.8 Å². The van der Waals surface area contributed by atoms with E-state index in [1.165, 1.54) is 22.5 Å². The average molecular weight is 322 g/mol. The lowest BCUT2D eigenvalue weighted by Crippen LogP contribution is -2.39. The summed E-state index contributed by atoms with van der Waals surface area (Å²) in [4.78, 5) is 0.151. The van der Waals surface area contributed by atoms with E-state index in [-0.39, 0.29) is 27.9 Å². The molecule has 1 heterocycles. The lowest BCUT2D eigenvalue weighted by molar-refractivity contribution is -0.00416. The summed E-state index contributed by atoms with van der Waals surface area (Å²) in [5, 5.41) is 10.2. The van der Waals surface area contributed by atoms with Crippen LogP contribution in [0.25, 0.3) is 0 Å². The molecule has 2 fully saturated rings. The van der Waals surface area contributed by atoms with Crippen LogP contribution in [-0.4, -0.2) is 37.0 Å². The molecule has 0 aromatic heterocycles. The Morgan fingerprint density at radius 2 is 1.95 bits per heavy atom. The first-order chi connectivity index (χ1) is 8.89. The minimum absolute atomic E-state index is 0.0811. The number of sulfonamides is 1. The van der Waals surface area contributed by atoms with Crippen molar-refractivity contribution < 1.29 is 13.5 Å². The zero-order valence-corrected chi connectivity index (χ0v) is 12.3. The van der Waals surface area contributed by atoms with Gasteiger partial charge in [-0.1, -0.05) is 23.2 Å². The molecule has 1 aromatic carbocycles. The van der Waals surface area contributed by atoms with Crippen LogP contribution in [0.15, 0.2) is 23.1 Å². The van der Waals surface area contributed by atoms with E-state index in [0.717, 1.165) is 0 Å². The Labute approximate surface area is 122 Å². The van der Waals surface area contributed by atoms with E-state index in [9.17, 15) is 13.5 Å². The van der Waals surface area contributed by atoms with E-state index in [1.807, 2.05) is 0 Å². The van der Waals surface area contributed by atoms with Gasteiger partial charge in [-0.15, -0.1) is 0 Å². The third-order valence-corrected chi connectivity index (χ3v) is 6.59. The van der Waals surface area contributed by atoms with Crippen molar-refractivity contribution >= 4 is 33.2 Å². The molecule has 0 radical (unpaired) electrons. The lowest BCUT2D eigenvalue weighted by Gasteiger charge is -2.34. The van der Waals surface area contributed by atoms with Crippen LogP contribution in [0, 0.1) is 11.8 Å². The highest BCUT2D eigenvalue weighted by molar-refractivity contribution is 7.89. The summed E-state index contributed by atoms with van der Waals surface area (Å²) in [6.07, 6.45) is 0.330. The Morgan fingerprint density at radius 1 is 1.21 bits per heavy atom. The fraction of sp³-hybridized carbons (Fsp3) is 0.500. The van der Waals surface area contributed by atoms with Crippen LogP contribution in [0.4, 0.5) is 0 Å². The Bertz CT molecular complexity index is 619. The fourth-order valence-corrected chi connectivity index (χ4v) is 4.74. The van der Waals surface area contributed by atoms with Gasteiger partial charge in [0.25, 0.3) is 0 Å². The predicted molar refractivity (Wildman–Crippen MR) is 72.8 cm³/mol. The molecular weight excluding hydrogens is 309 g/mol. The second-order valence-corrected chi connectivity index (χ2v) is 7.88. The van der Waals surface area contributed by atoms with Gasteiger partial charge in [-0.2, -0.15) is 4.31 Å². The molecule has 1 saturated carbocycles. The number of aliphatic hydroxyl groups excluding tert-OH is 1. The molecule has 1 aliphatic heterocycles. The van der Waals surface area contributed by atoms with Gasteiger partial charge in [0, 0.05) is 19.0 Å². The van der Waals surface area contributed by atoms with Gasteiger partial charge in [0.05, 0.1) is 21.0 Å². The predicted octanol–water partition coefficient (Wildman–Crippen LogP) is 1.99. The van der Waals surface area contributed by atoms with Gasteiger partial charge >= 0.3 is 0 Å². The maximum Gasteiger partial charge on any atom is 0.243 e. The summed E-state index contributed by atoms with van der Waals surface area (Å²) in [7, 11) is -3.55. The molecule has 0 bridgehead atoms. The van der Waals surface area contributed by atoms with Gasteiger partial charge < -0.3 is 5.11 Å². The van der Waals surface area contributed by atoms with Crippen molar-refractivity contribution in [3.63, 3.8) is 0 Å². The van der Waals surface area contributed by atoms with Gasteiger partial charge in [0.1, 0.15) is 0 Å². The number of rotatable bonds is 2. The molecule has 0 unspecified atom stereocenters. The van der Waals surface area contributed by atoms with Crippen molar-refractivity contribution in [1.29, 1.82) is 0 Å². The molecule has 1 saturated heterocycles. The topological polar surface area (TPSA) is 57.6 Å². The minimum Gasteiger partial charge on any atom is -0.393 e. The highest BCUT2D eigenvalue weighted by atomic mass is 35.5. The second kappa shape index (κ2) is 4.60. The maximum atomic E-state index is 12.5. The zero-order valence-electron chi connectivity index (χ0n) is 9.96. The number of aliphatic hydroxyl groups is 1. The molecule has 1 aromatic rings. The van der Waals surface area contributed by atoms with Crippen molar-refractivity contribution in [2.75, 3.05) is 13.1 Å². The smallest absolute Gasteiger partial charge is 0.243 e. The number of hydrogen-bond acceptors (Lipinski definition) is 3. The summed E-state index contributed by atoms with van der Waals surface area (Å²) in [6.45, 7) is 0.860. The number of fused-ring (bicyclic) bond motifs is 1. The van der Waals surface area contributed by atoms with E-state index in [1.54, 1.807) is 0 Å². The monoisotopic (exact) mass is 321 g/mol. The Hall–Kier alpha value is -0.330. The SMILES string of the molecule is O=S(=O)(c1ccc(Cl)c(Cl)c1)N1C[C@H]2C[C@@H](O)[C@H]2C1. The van der Waals surface area contributed by atoms with Crippen LogP contribution in [-0.2, 0) is 10.0 Å². The summed E-state index contributed by atoms with van der Waals surface area (Å²) in [6, 6.07) is 4.31. The Kier molecular flexibility index (Phi) is 3.30. The van der Waals surface area contributed by atoms with E-state index in [0.29, 0.717) is 24.5 Å². The Morgan fingerprint density at radius 3 is 2.53 bits per heavy atom. The van der Waals surface area contributed by atoms with Gasteiger partial charge in [-0.3, -0.25) is 0 Å². The average Bonchev–Trinajstić information content (AvgIpc) is 2.70. The third kappa shape index (κ3) is 2.17. The van der Waals surface area contributed by atoms with Crippen molar-refractivity contribution in [3.05, 3.63) is 28.2 Å². The van der Waals surface area contributed by atoms with Crippen molar-refractivity contribution in [2.45, 2.75) is 17.4 Å².